The fourth-order valence-electron chi connectivity index (χ4n) is 4.81. The van der Waals surface area contributed by atoms with Crippen molar-refractivity contribution in [1.82, 2.24) is 10.2 Å². The highest BCUT2D eigenvalue weighted by Gasteiger charge is 2.50. The lowest BCUT2D eigenvalue weighted by Crippen LogP contribution is -2.59. The molecule has 1 heterocycles. The lowest BCUT2D eigenvalue weighted by atomic mass is 9.61. The average Bonchev–Trinajstić information content (AvgIpc) is 2.64. The monoisotopic (exact) mass is 446 g/mol. The molecule has 2 N–H and O–H groups in total. The molecule has 1 unspecified atom stereocenters. The van der Waals surface area contributed by atoms with Crippen LogP contribution in [0.15, 0.2) is 30.0 Å². The molecule has 0 saturated heterocycles. The van der Waals surface area contributed by atoms with E-state index in [1.54, 1.807) is 0 Å². The number of rotatable bonds is 6. The molecule has 1 aliphatic heterocycles. The van der Waals surface area contributed by atoms with E-state index < -0.39 is 11.5 Å². The molecule has 1 aromatic carbocycles. The number of fused-ring (bicyclic) bond motifs is 1. The Bertz CT molecular complexity index is 901. The third-order valence-electron chi connectivity index (χ3n) is 6.67. The van der Waals surface area contributed by atoms with Crippen LogP contribution in [0.5, 0.6) is 0 Å². The number of hydrogen-bond donors (Lipinski definition) is 2. The van der Waals surface area contributed by atoms with Crippen LogP contribution in [-0.4, -0.2) is 28.6 Å². The van der Waals surface area contributed by atoms with Crippen LogP contribution in [-0.2, 0) is 16.8 Å². The van der Waals surface area contributed by atoms with Gasteiger partial charge in [-0.1, -0.05) is 58.4 Å². The van der Waals surface area contributed by atoms with Gasteiger partial charge in [0.05, 0.1) is 12.0 Å². The highest BCUT2D eigenvalue weighted by atomic mass is 35.5. The molecule has 6 heteroatoms. The number of benzene rings is 1. The minimum Gasteiger partial charge on any atom is -0.481 e. The first-order valence-corrected chi connectivity index (χ1v) is 11.5. The fraction of sp³-hybridized carbons (Fsp3) is 0.600. The van der Waals surface area contributed by atoms with Gasteiger partial charge in [0.25, 0.3) is 0 Å². The topological polar surface area (TPSA) is 69.6 Å². The maximum absolute atomic E-state index is 13.0. The molecule has 31 heavy (non-hydrogen) atoms. The third-order valence-corrected chi connectivity index (χ3v) is 7.02. The summed E-state index contributed by atoms with van der Waals surface area (Å²) >= 11 is 6.72. The molecule has 3 rings (SSSR count). The molecule has 0 radical (unpaired) electrons. The summed E-state index contributed by atoms with van der Waals surface area (Å²) in [5, 5.41) is 13.0. The van der Waals surface area contributed by atoms with Crippen LogP contribution in [0.2, 0.25) is 5.02 Å². The summed E-state index contributed by atoms with van der Waals surface area (Å²) in [6.07, 6.45) is 6.58. The molecule has 1 atom stereocenters. The van der Waals surface area contributed by atoms with Crippen LogP contribution in [0.25, 0.3) is 0 Å². The number of aryl methyl sites for hydroxylation is 1. The van der Waals surface area contributed by atoms with Gasteiger partial charge in [-0.15, -0.1) is 0 Å². The van der Waals surface area contributed by atoms with Crippen molar-refractivity contribution in [3.63, 3.8) is 0 Å². The minimum atomic E-state index is -0.913. The number of amides is 2. The van der Waals surface area contributed by atoms with Crippen molar-refractivity contribution in [2.45, 2.75) is 78.7 Å². The van der Waals surface area contributed by atoms with E-state index in [-0.39, 0.29) is 29.8 Å². The molecule has 1 fully saturated rings. The van der Waals surface area contributed by atoms with Gasteiger partial charge >= 0.3 is 12.0 Å². The van der Waals surface area contributed by atoms with Crippen LogP contribution in [0.4, 0.5) is 4.79 Å². The predicted octanol–water partition coefficient (Wildman–Crippen LogP) is 6.11. The third kappa shape index (κ3) is 5.08. The Morgan fingerprint density at radius 3 is 2.58 bits per heavy atom. The van der Waals surface area contributed by atoms with Crippen molar-refractivity contribution >= 4 is 23.6 Å². The van der Waals surface area contributed by atoms with Gasteiger partial charge in [-0.2, -0.15) is 0 Å². The molecule has 5 nitrogen and oxygen atoms in total. The molecule has 2 amide bonds. The van der Waals surface area contributed by atoms with Gasteiger partial charge in [0, 0.05) is 17.8 Å². The van der Waals surface area contributed by atoms with Crippen LogP contribution in [0.1, 0.15) is 77.8 Å². The summed E-state index contributed by atoms with van der Waals surface area (Å²) in [6, 6.07) is 5.96. The summed E-state index contributed by atoms with van der Waals surface area (Å²) in [5.74, 6) is -0.913. The first-order valence-electron chi connectivity index (χ1n) is 11.2. The number of aliphatic carboxylic acids is 1. The molecular formula is C25H35ClN2O3. The SMILES string of the molecule is CC(C)(C)CCc1ccc(C23CCCC(C)(C)C2=CN(CCC(=O)O)C(=O)N3)cc1Cl. The number of carbonyl (C=O) groups excluding carboxylic acids is 1. The van der Waals surface area contributed by atoms with Crippen LogP contribution >= 0.6 is 11.6 Å². The number of urea groups is 1. The predicted molar refractivity (Wildman–Crippen MR) is 124 cm³/mol. The van der Waals surface area contributed by atoms with E-state index in [0.29, 0.717) is 0 Å². The summed E-state index contributed by atoms with van der Waals surface area (Å²) in [7, 11) is 0. The van der Waals surface area contributed by atoms with Gasteiger partial charge in [0.1, 0.15) is 0 Å². The van der Waals surface area contributed by atoms with Gasteiger partial charge in [0.2, 0.25) is 0 Å². The van der Waals surface area contributed by atoms with Gasteiger partial charge in [-0.3, -0.25) is 4.79 Å². The lowest BCUT2D eigenvalue weighted by molar-refractivity contribution is -0.137. The number of carboxylic acids is 1. The van der Waals surface area contributed by atoms with E-state index in [1.807, 2.05) is 12.3 Å². The normalized spacial score (nSPS) is 23.1. The Morgan fingerprint density at radius 1 is 1.26 bits per heavy atom. The van der Waals surface area contributed by atoms with Gasteiger partial charge < -0.3 is 15.3 Å². The molecule has 1 saturated carbocycles. The molecule has 2 aliphatic rings. The second-order valence-corrected chi connectivity index (χ2v) is 11.2. The van der Waals surface area contributed by atoms with Crippen molar-refractivity contribution in [3.05, 3.63) is 46.1 Å². The quantitative estimate of drug-likeness (QED) is 0.554. The zero-order chi connectivity index (χ0) is 23.0. The van der Waals surface area contributed by atoms with E-state index in [0.717, 1.165) is 53.8 Å². The maximum atomic E-state index is 13.0. The molecule has 170 valence electrons. The van der Waals surface area contributed by atoms with E-state index in [1.165, 1.54) is 4.90 Å². The number of hydrogen-bond acceptors (Lipinski definition) is 2. The number of nitrogens with zero attached hydrogens (tertiary/aromatic N) is 1. The highest BCUT2D eigenvalue weighted by Crippen LogP contribution is 2.52. The Kier molecular flexibility index (Phi) is 6.48. The summed E-state index contributed by atoms with van der Waals surface area (Å²) in [5.41, 5.74) is 2.76. The number of halogens is 1. The summed E-state index contributed by atoms with van der Waals surface area (Å²) in [4.78, 5) is 25.5. The Morgan fingerprint density at radius 2 is 1.97 bits per heavy atom. The van der Waals surface area contributed by atoms with Crippen LogP contribution in [0.3, 0.4) is 0 Å². The molecule has 0 bridgehead atoms. The molecule has 1 aromatic rings. The van der Waals surface area contributed by atoms with Crippen molar-refractivity contribution in [2.24, 2.45) is 10.8 Å². The molecule has 0 aromatic heterocycles. The maximum Gasteiger partial charge on any atom is 0.322 e. The highest BCUT2D eigenvalue weighted by molar-refractivity contribution is 6.31. The Balaban J connectivity index is 1.99. The van der Waals surface area contributed by atoms with Gasteiger partial charge in [-0.25, -0.2) is 4.79 Å². The lowest BCUT2D eigenvalue weighted by Gasteiger charge is -2.52. The van der Waals surface area contributed by atoms with Crippen molar-refractivity contribution < 1.29 is 14.7 Å². The number of carbonyl (C=O) groups is 2. The largest absolute Gasteiger partial charge is 0.481 e. The second kappa shape index (κ2) is 8.50. The van der Waals surface area contributed by atoms with Crippen LogP contribution in [0, 0.1) is 10.8 Å². The standard InChI is InChI=1S/C25H35ClN2O3/c1-23(2,3)13-9-17-7-8-18(15-19(17)26)25-12-6-11-24(4,5)20(25)16-28(22(31)27-25)14-10-21(29)30/h7-8,15-16H,6,9-14H2,1-5H3,(H,27,31)(H,29,30). The van der Waals surface area contributed by atoms with Crippen molar-refractivity contribution in [1.29, 1.82) is 0 Å². The zero-order valence-corrected chi connectivity index (χ0v) is 20.1. The van der Waals surface area contributed by atoms with Gasteiger partial charge in [-0.05, 0) is 65.7 Å². The fourth-order valence-corrected chi connectivity index (χ4v) is 5.08. The summed E-state index contributed by atoms with van der Waals surface area (Å²) in [6.45, 7) is 11.2. The van der Waals surface area contributed by atoms with E-state index in [9.17, 15) is 9.59 Å². The summed E-state index contributed by atoms with van der Waals surface area (Å²) < 4.78 is 0. The van der Waals surface area contributed by atoms with Crippen molar-refractivity contribution in [3.8, 4) is 0 Å². The van der Waals surface area contributed by atoms with E-state index in [4.69, 9.17) is 16.7 Å². The average molecular weight is 447 g/mol. The van der Waals surface area contributed by atoms with E-state index >= 15 is 0 Å². The molecule has 1 aliphatic carbocycles. The van der Waals surface area contributed by atoms with Crippen molar-refractivity contribution in [2.75, 3.05) is 6.54 Å². The number of carboxylic acid groups (broad SMARTS) is 1. The number of nitrogens with one attached hydrogen (secondary N) is 1. The second-order valence-electron chi connectivity index (χ2n) is 10.8. The first-order chi connectivity index (χ1) is 14.3. The molecular weight excluding hydrogens is 412 g/mol. The van der Waals surface area contributed by atoms with Gasteiger partial charge in [0.15, 0.2) is 0 Å². The first kappa shape index (κ1) is 23.6. The van der Waals surface area contributed by atoms with E-state index in [2.05, 4.69) is 52.1 Å². The zero-order valence-electron chi connectivity index (χ0n) is 19.3. The minimum absolute atomic E-state index is 0.0844. The van der Waals surface area contributed by atoms with Crippen LogP contribution < -0.4 is 5.32 Å². The Hall–Kier alpha value is -2.01. The molecule has 0 spiro atoms. The smallest absolute Gasteiger partial charge is 0.322 e. The Labute approximate surface area is 190 Å².